The zero-order valence-corrected chi connectivity index (χ0v) is 10.3. The number of rotatable bonds is 4. The third-order valence-electron chi connectivity index (χ3n) is 2.91. The van der Waals surface area contributed by atoms with Gasteiger partial charge in [-0.05, 0) is 13.8 Å². The summed E-state index contributed by atoms with van der Waals surface area (Å²) in [7, 11) is 3.28. The standard InChI is InChI=1S/C12H20O4/c1-6-7-15-12-10(13-4)8(2)16-9(3)11(12)14-5/h1,8-12H,7H2,2-5H3. The third kappa shape index (κ3) is 2.74. The molecule has 0 aromatic carbocycles. The van der Waals surface area contributed by atoms with Gasteiger partial charge >= 0.3 is 0 Å². The highest BCUT2D eigenvalue weighted by atomic mass is 16.6. The van der Waals surface area contributed by atoms with Gasteiger partial charge in [0.25, 0.3) is 0 Å². The maximum absolute atomic E-state index is 5.72. The van der Waals surface area contributed by atoms with Gasteiger partial charge in [0, 0.05) is 14.2 Å². The van der Waals surface area contributed by atoms with E-state index in [2.05, 4.69) is 5.92 Å². The summed E-state index contributed by atoms with van der Waals surface area (Å²) in [5, 5.41) is 0. The highest BCUT2D eigenvalue weighted by Crippen LogP contribution is 2.26. The molecule has 1 aliphatic heterocycles. The number of terminal acetylenes is 1. The SMILES string of the molecule is C#CCOC1C(OC)C(C)OC(C)C1OC. The topological polar surface area (TPSA) is 36.9 Å². The molecule has 0 spiro atoms. The number of hydrogen-bond acceptors (Lipinski definition) is 4. The second-order valence-corrected chi connectivity index (χ2v) is 3.93. The summed E-state index contributed by atoms with van der Waals surface area (Å²) in [5.41, 5.74) is 0. The first kappa shape index (κ1) is 13.5. The first-order valence-electron chi connectivity index (χ1n) is 5.41. The van der Waals surface area contributed by atoms with Crippen LogP contribution in [0.5, 0.6) is 0 Å². The van der Waals surface area contributed by atoms with Gasteiger partial charge in [-0.2, -0.15) is 0 Å². The van der Waals surface area contributed by atoms with E-state index >= 15 is 0 Å². The van der Waals surface area contributed by atoms with Crippen molar-refractivity contribution >= 4 is 0 Å². The average Bonchev–Trinajstić information content (AvgIpc) is 2.26. The first-order chi connectivity index (χ1) is 7.65. The van der Waals surface area contributed by atoms with Gasteiger partial charge in [0.2, 0.25) is 0 Å². The molecule has 0 aliphatic carbocycles. The number of methoxy groups -OCH3 is 2. The molecule has 4 atom stereocenters. The Hall–Kier alpha value is -0.600. The summed E-state index contributed by atoms with van der Waals surface area (Å²) < 4.78 is 22.1. The van der Waals surface area contributed by atoms with Crippen LogP contribution in [0.4, 0.5) is 0 Å². The third-order valence-corrected chi connectivity index (χ3v) is 2.91. The second kappa shape index (κ2) is 6.21. The molecule has 0 radical (unpaired) electrons. The van der Waals surface area contributed by atoms with Gasteiger partial charge in [0.1, 0.15) is 24.9 Å². The molecule has 4 unspecified atom stereocenters. The summed E-state index contributed by atoms with van der Waals surface area (Å²) >= 11 is 0. The van der Waals surface area contributed by atoms with Crippen LogP contribution in [0.1, 0.15) is 13.8 Å². The van der Waals surface area contributed by atoms with Gasteiger partial charge in [-0.3, -0.25) is 0 Å². The minimum atomic E-state index is -0.190. The predicted molar refractivity (Wildman–Crippen MR) is 60.2 cm³/mol. The molecule has 1 rings (SSSR count). The molecule has 1 heterocycles. The van der Waals surface area contributed by atoms with Crippen LogP contribution < -0.4 is 0 Å². The fraction of sp³-hybridized carbons (Fsp3) is 0.833. The van der Waals surface area contributed by atoms with E-state index in [-0.39, 0.29) is 37.1 Å². The second-order valence-electron chi connectivity index (χ2n) is 3.93. The number of ether oxygens (including phenoxy) is 4. The monoisotopic (exact) mass is 228 g/mol. The highest BCUT2D eigenvalue weighted by Gasteiger charge is 2.43. The summed E-state index contributed by atoms with van der Waals surface area (Å²) in [6, 6.07) is 0. The van der Waals surface area contributed by atoms with Crippen molar-refractivity contribution in [1.82, 2.24) is 0 Å². The Balaban J connectivity index is 2.77. The van der Waals surface area contributed by atoms with Crippen LogP contribution in [0.25, 0.3) is 0 Å². The minimum Gasteiger partial charge on any atom is -0.376 e. The van der Waals surface area contributed by atoms with Gasteiger partial charge in [-0.15, -0.1) is 6.42 Å². The molecule has 4 heteroatoms. The van der Waals surface area contributed by atoms with Crippen LogP contribution in [-0.4, -0.2) is 51.3 Å². The summed E-state index contributed by atoms with van der Waals surface area (Å²) in [6.45, 7) is 4.18. The van der Waals surface area contributed by atoms with Crippen molar-refractivity contribution in [3.8, 4) is 12.3 Å². The molecular formula is C12H20O4. The largest absolute Gasteiger partial charge is 0.376 e. The summed E-state index contributed by atoms with van der Waals surface area (Å²) in [4.78, 5) is 0. The molecule has 1 aliphatic rings. The molecule has 1 saturated heterocycles. The lowest BCUT2D eigenvalue weighted by Gasteiger charge is -2.43. The zero-order chi connectivity index (χ0) is 12.1. The Morgan fingerprint density at radius 2 is 1.56 bits per heavy atom. The van der Waals surface area contributed by atoms with Crippen molar-refractivity contribution in [2.24, 2.45) is 0 Å². The fourth-order valence-electron chi connectivity index (χ4n) is 2.20. The van der Waals surface area contributed by atoms with Crippen molar-refractivity contribution < 1.29 is 18.9 Å². The van der Waals surface area contributed by atoms with E-state index in [4.69, 9.17) is 25.4 Å². The van der Waals surface area contributed by atoms with E-state index in [1.54, 1.807) is 14.2 Å². The van der Waals surface area contributed by atoms with Crippen LogP contribution in [0.3, 0.4) is 0 Å². The van der Waals surface area contributed by atoms with E-state index in [1.807, 2.05) is 13.8 Å². The minimum absolute atomic E-state index is 0.0332. The van der Waals surface area contributed by atoms with E-state index in [0.29, 0.717) is 0 Å². The van der Waals surface area contributed by atoms with Crippen LogP contribution >= 0.6 is 0 Å². The van der Waals surface area contributed by atoms with Crippen LogP contribution in [0.2, 0.25) is 0 Å². The normalized spacial score (nSPS) is 39.3. The molecule has 0 saturated carbocycles. The Bertz CT molecular complexity index is 232. The maximum Gasteiger partial charge on any atom is 0.116 e. The lowest BCUT2D eigenvalue weighted by Crippen LogP contribution is -2.58. The molecule has 0 aromatic heterocycles. The summed E-state index contributed by atoms with van der Waals surface area (Å²) in [6.07, 6.45) is 4.63. The maximum atomic E-state index is 5.72. The van der Waals surface area contributed by atoms with Gasteiger partial charge in [0.05, 0.1) is 12.2 Å². The van der Waals surface area contributed by atoms with Gasteiger partial charge in [0.15, 0.2) is 0 Å². The van der Waals surface area contributed by atoms with Gasteiger partial charge in [-0.25, -0.2) is 0 Å². The molecule has 16 heavy (non-hydrogen) atoms. The van der Waals surface area contributed by atoms with Crippen LogP contribution in [0, 0.1) is 12.3 Å². The van der Waals surface area contributed by atoms with Crippen LogP contribution in [-0.2, 0) is 18.9 Å². The van der Waals surface area contributed by atoms with E-state index in [1.165, 1.54) is 0 Å². The molecule has 0 N–H and O–H groups in total. The van der Waals surface area contributed by atoms with E-state index < -0.39 is 0 Å². The van der Waals surface area contributed by atoms with Crippen molar-refractivity contribution in [3.63, 3.8) is 0 Å². The van der Waals surface area contributed by atoms with Crippen molar-refractivity contribution in [1.29, 1.82) is 0 Å². The van der Waals surface area contributed by atoms with Crippen molar-refractivity contribution in [2.75, 3.05) is 20.8 Å². The fourth-order valence-corrected chi connectivity index (χ4v) is 2.20. The predicted octanol–water partition coefficient (Wildman–Crippen LogP) is 0.842. The van der Waals surface area contributed by atoms with Crippen LogP contribution in [0.15, 0.2) is 0 Å². The lowest BCUT2D eigenvalue weighted by molar-refractivity contribution is -0.236. The van der Waals surface area contributed by atoms with Crippen molar-refractivity contribution in [2.45, 2.75) is 44.4 Å². The quantitative estimate of drug-likeness (QED) is 0.668. The van der Waals surface area contributed by atoms with E-state index in [0.717, 1.165) is 0 Å². The Kier molecular flexibility index (Phi) is 5.23. The molecule has 0 bridgehead atoms. The Labute approximate surface area is 97.2 Å². The average molecular weight is 228 g/mol. The molecule has 4 nitrogen and oxygen atoms in total. The molecule has 0 amide bonds. The molecule has 0 aromatic rings. The van der Waals surface area contributed by atoms with Gasteiger partial charge in [-0.1, -0.05) is 5.92 Å². The summed E-state index contributed by atoms with van der Waals surface area (Å²) in [5.74, 6) is 2.46. The number of hydrogen-bond donors (Lipinski definition) is 0. The Morgan fingerprint density at radius 3 is 1.94 bits per heavy atom. The molecule has 1 fully saturated rings. The smallest absolute Gasteiger partial charge is 0.116 e. The Morgan fingerprint density at radius 1 is 1.06 bits per heavy atom. The highest BCUT2D eigenvalue weighted by molar-refractivity contribution is 4.94. The zero-order valence-electron chi connectivity index (χ0n) is 10.3. The van der Waals surface area contributed by atoms with E-state index in [9.17, 15) is 0 Å². The van der Waals surface area contributed by atoms with Gasteiger partial charge < -0.3 is 18.9 Å². The first-order valence-corrected chi connectivity index (χ1v) is 5.41. The molecular weight excluding hydrogens is 208 g/mol. The van der Waals surface area contributed by atoms with Crippen molar-refractivity contribution in [3.05, 3.63) is 0 Å². The molecule has 92 valence electrons. The lowest BCUT2D eigenvalue weighted by atomic mass is 9.96.